The van der Waals surface area contributed by atoms with Gasteiger partial charge >= 0.3 is 5.97 Å². The van der Waals surface area contributed by atoms with Gasteiger partial charge in [0.15, 0.2) is 0 Å². The zero-order valence-corrected chi connectivity index (χ0v) is 20.9. The third-order valence-corrected chi connectivity index (χ3v) is 10.3. The molecule has 0 aromatic carbocycles. The summed E-state index contributed by atoms with van der Waals surface area (Å²) >= 11 is 0. The summed E-state index contributed by atoms with van der Waals surface area (Å²) in [5, 5.41) is 20.2. The largest absolute Gasteiger partial charge is 0.481 e. The molecule has 0 heterocycles. The van der Waals surface area contributed by atoms with Gasteiger partial charge in [-0.25, -0.2) is 0 Å². The molecule has 0 aromatic rings. The van der Waals surface area contributed by atoms with Crippen molar-refractivity contribution >= 4 is 5.97 Å². The van der Waals surface area contributed by atoms with Crippen LogP contribution in [0, 0.1) is 34.5 Å². The Hall–Kier alpha value is -0.910. The van der Waals surface area contributed by atoms with Crippen LogP contribution < -0.4 is 0 Å². The number of carbonyl (C=O) groups is 1. The van der Waals surface area contributed by atoms with Gasteiger partial charge in [-0.3, -0.25) is 4.79 Å². The maximum absolute atomic E-state index is 11.3. The number of aliphatic hydroxyl groups is 1. The van der Waals surface area contributed by atoms with Crippen LogP contribution in [0.25, 0.3) is 0 Å². The lowest BCUT2D eigenvalue weighted by Gasteiger charge is -2.59. The van der Waals surface area contributed by atoms with E-state index in [1.165, 1.54) is 31.3 Å². The topological polar surface area (TPSA) is 70.0 Å². The van der Waals surface area contributed by atoms with Gasteiger partial charge in [-0.2, -0.15) is 0 Å². The van der Waals surface area contributed by atoms with Crippen molar-refractivity contribution in [1.29, 1.82) is 0 Å². The number of rotatable bonds is 7. The van der Waals surface area contributed by atoms with Gasteiger partial charge in [0.05, 0.1) is 24.7 Å². The van der Waals surface area contributed by atoms with Crippen LogP contribution in [0.5, 0.6) is 0 Å². The van der Waals surface area contributed by atoms with E-state index in [4.69, 9.17) is 4.74 Å². The number of nitrogens with zero attached hydrogens (tertiary/aromatic N) is 1. The molecule has 5 heteroatoms. The van der Waals surface area contributed by atoms with Crippen LogP contribution in [-0.2, 0) is 9.53 Å². The molecule has 0 radical (unpaired) electrons. The minimum absolute atomic E-state index is 0.126. The van der Waals surface area contributed by atoms with Crippen LogP contribution in [0.4, 0.5) is 0 Å². The molecule has 32 heavy (non-hydrogen) atoms. The van der Waals surface area contributed by atoms with Crippen molar-refractivity contribution in [3.05, 3.63) is 11.6 Å². The van der Waals surface area contributed by atoms with E-state index in [0.29, 0.717) is 42.1 Å². The van der Waals surface area contributed by atoms with E-state index in [9.17, 15) is 15.0 Å². The molecule has 5 nitrogen and oxygen atoms in total. The fourth-order valence-corrected chi connectivity index (χ4v) is 8.49. The summed E-state index contributed by atoms with van der Waals surface area (Å²) in [6.07, 6.45) is 10.9. The van der Waals surface area contributed by atoms with Gasteiger partial charge in [-0.1, -0.05) is 25.5 Å². The second-order valence-corrected chi connectivity index (χ2v) is 12.3. The number of hydrogen-bond acceptors (Lipinski definition) is 4. The van der Waals surface area contributed by atoms with Crippen LogP contribution in [0.15, 0.2) is 11.6 Å². The molecule has 182 valence electrons. The smallest absolute Gasteiger partial charge is 0.306 e. The Labute approximate surface area is 194 Å². The highest BCUT2D eigenvalue weighted by molar-refractivity contribution is 5.68. The number of carboxylic acid groups (broad SMARTS) is 1. The van der Waals surface area contributed by atoms with Crippen LogP contribution in [0.3, 0.4) is 0 Å². The number of allylic oxidation sites excluding steroid dienone is 1. The lowest BCUT2D eigenvalue weighted by atomic mass is 9.46. The molecule has 0 amide bonds. The number of ether oxygens (including phenoxy) is 1. The summed E-state index contributed by atoms with van der Waals surface area (Å²) in [7, 11) is 4.20. The third kappa shape index (κ3) is 4.18. The Morgan fingerprint density at radius 2 is 1.94 bits per heavy atom. The molecule has 0 saturated heterocycles. The molecule has 4 aliphatic carbocycles. The molecule has 0 unspecified atom stereocenters. The quantitative estimate of drug-likeness (QED) is 0.552. The molecule has 4 aliphatic rings. The highest BCUT2D eigenvalue weighted by Crippen LogP contribution is 2.67. The molecular weight excluding hydrogens is 402 g/mol. The summed E-state index contributed by atoms with van der Waals surface area (Å²) < 4.78 is 6.32. The SMILES string of the molecule is C[C@H](OCCN(C)C)[C@H]1CC[C@H]2[C@@H]3CC=C4C[C@](O)(CC(=O)O)CC[C@]4(C)[C@H]3CC[C@]12C. The van der Waals surface area contributed by atoms with E-state index in [0.717, 1.165) is 31.9 Å². The zero-order chi connectivity index (χ0) is 23.3. The summed E-state index contributed by atoms with van der Waals surface area (Å²) in [5.41, 5.74) is 0.762. The van der Waals surface area contributed by atoms with Gasteiger partial charge in [-0.15, -0.1) is 0 Å². The van der Waals surface area contributed by atoms with Crippen LogP contribution >= 0.6 is 0 Å². The number of fused-ring (bicyclic) bond motifs is 5. The minimum atomic E-state index is -1.06. The maximum atomic E-state index is 11.3. The lowest BCUT2D eigenvalue weighted by Crippen LogP contribution is -2.53. The average Bonchev–Trinajstić information content (AvgIpc) is 3.05. The highest BCUT2D eigenvalue weighted by Gasteiger charge is 2.60. The van der Waals surface area contributed by atoms with Crippen molar-refractivity contribution in [1.82, 2.24) is 4.90 Å². The fraction of sp³-hybridized carbons (Fsp3) is 0.889. The standard InChI is InChI=1S/C27H45NO4/c1-18(32-15-14-28(4)5)21-8-9-22-20-7-6-19-16-27(31,17-24(29)30)13-12-25(19,2)23(20)10-11-26(21,22)3/h6,18,20-23,31H,7-17H2,1-5H3,(H,29,30)/t18-,20-,21+,22-,23-,25-,26+,27-/m0/s1. The zero-order valence-electron chi connectivity index (χ0n) is 20.9. The molecule has 4 rings (SSSR count). The second kappa shape index (κ2) is 8.70. The molecule has 8 atom stereocenters. The van der Waals surface area contributed by atoms with Gasteiger partial charge < -0.3 is 19.8 Å². The first kappa shape index (κ1) is 24.2. The minimum Gasteiger partial charge on any atom is -0.481 e. The average molecular weight is 448 g/mol. The number of likely N-dealkylation sites (N-methyl/N-ethyl adjacent to an activating group) is 1. The summed E-state index contributed by atoms with van der Waals surface area (Å²) in [6, 6.07) is 0. The molecule has 0 aromatic heterocycles. The predicted octanol–water partition coefficient (Wildman–Crippen LogP) is 4.74. The van der Waals surface area contributed by atoms with Gasteiger partial charge in [0.25, 0.3) is 0 Å². The van der Waals surface area contributed by atoms with E-state index in [2.05, 4.69) is 45.8 Å². The molecule has 3 saturated carbocycles. The molecule has 0 spiro atoms. The van der Waals surface area contributed by atoms with E-state index >= 15 is 0 Å². The van der Waals surface area contributed by atoms with Crippen LogP contribution in [0.2, 0.25) is 0 Å². The number of aliphatic carboxylic acids is 1. The van der Waals surface area contributed by atoms with E-state index < -0.39 is 11.6 Å². The summed E-state index contributed by atoms with van der Waals surface area (Å²) in [6.45, 7) is 9.04. The molecular formula is C27H45NO4. The molecule has 3 fully saturated rings. The van der Waals surface area contributed by atoms with Crippen molar-refractivity contribution in [2.24, 2.45) is 34.5 Å². The highest BCUT2D eigenvalue weighted by atomic mass is 16.5. The van der Waals surface area contributed by atoms with Gasteiger partial charge in [0, 0.05) is 6.54 Å². The molecule has 2 N–H and O–H groups in total. The first-order valence-corrected chi connectivity index (χ1v) is 12.9. The lowest BCUT2D eigenvalue weighted by molar-refractivity contribution is -0.145. The van der Waals surface area contributed by atoms with E-state index in [-0.39, 0.29) is 11.8 Å². The van der Waals surface area contributed by atoms with Gasteiger partial charge in [0.1, 0.15) is 0 Å². The first-order valence-electron chi connectivity index (χ1n) is 12.9. The summed E-state index contributed by atoms with van der Waals surface area (Å²) in [4.78, 5) is 13.5. The van der Waals surface area contributed by atoms with Crippen LogP contribution in [0.1, 0.15) is 78.6 Å². The molecule has 0 bridgehead atoms. The monoisotopic (exact) mass is 447 g/mol. The van der Waals surface area contributed by atoms with Crippen molar-refractivity contribution in [2.75, 3.05) is 27.2 Å². The van der Waals surface area contributed by atoms with Gasteiger partial charge in [0.2, 0.25) is 0 Å². The second-order valence-electron chi connectivity index (χ2n) is 12.3. The molecule has 0 aliphatic heterocycles. The Morgan fingerprint density at radius 3 is 2.62 bits per heavy atom. The Morgan fingerprint density at radius 1 is 1.19 bits per heavy atom. The first-order chi connectivity index (χ1) is 15.0. The maximum Gasteiger partial charge on any atom is 0.306 e. The number of carboxylic acids is 1. The van der Waals surface area contributed by atoms with Crippen molar-refractivity contribution in [2.45, 2.75) is 90.3 Å². The van der Waals surface area contributed by atoms with E-state index in [1.54, 1.807) is 0 Å². The van der Waals surface area contributed by atoms with Crippen molar-refractivity contribution in [3.63, 3.8) is 0 Å². The Balaban J connectivity index is 1.49. The Kier molecular flexibility index (Phi) is 6.59. The predicted molar refractivity (Wildman–Crippen MR) is 126 cm³/mol. The Bertz CT molecular complexity index is 750. The van der Waals surface area contributed by atoms with E-state index in [1.807, 2.05) is 0 Å². The van der Waals surface area contributed by atoms with Crippen molar-refractivity contribution in [3.8, 4) is 0 Å². The van der Waals surface area contributed by atoms with Gasteiger partial charge in [-0.05, 0) is 107 Å². The van der Waals surface area contributed by atoms with Crippen LogP contribution in [-0.4, -0.2) is 60.0 Å². The number of hydrogen-bond donors (Lipinski definition) is 2. The van der Waals surface area contributed by atoms with Crippen molar-refractivity contribution < 1.29 is 19.7 Å². The third-order valence-electron chi connectivity index (χ3n) is 10.3. The normalized spacial score (nSPS) is 44.4. The fourth-order valence-electron chi connectivity index (χ4n) is 8.49. The summed E-state index contributed by atoms with van der Waals surface area (Å²) in [5.74, 6) is 1.88.